The van der Waals surface area contributed by atoms with E-state index >= 15 is 0 Å². The lowest BCUT2D eigenvalue weighted by atomic mass is 10.1. The van der Waals surface area contributed by atoms with Gasteiger partial charge in [-0.05, 0) is 37.1 Å². The molecule has 1 aliphatic rings. The molecule has 1 N–H and O–H groups in total. The molecule has 7 heteroatoms. The van der Waals surface area contributed by atoms with Crippen molar-refractivity contribution in [2.24, 2.45) is 9.98 Å². The smallest absolute Gasteiger partial charge is 0.386 e. The second-order valence-electron chi connectivity index (χ2n) is 5.30. The van der Waals surface area contributed by atoms with Crippen molar-refractivity contribution in [2.75, 3.05) is 24.7 Å². The van der Waals surface area contributed by atoms with Crippen LogP contribution in [0.25, 0.3) is 0 Å². The number of dihydropyridines is 1. The van der Waals surface area contributed by atoms with E-state index in [4.69, 9.17) is 6.42 Å². The first-order chi connectivity index (χ1) is 11.9. The van der Waals surface area contributed by atoms with Gasteiger partial charge in [0, 0.05) is 30.4 Å². The van der Waals surface area contributed by atoms with Crippen molar-refractivity contribution in [1.82, 2.24) is 0 Å². The van der Waals surface area contributed by atoms with Gasteiger partial charge in [0.1, 0.15) is 0 Å². The predicted molar refractivity (Wildman–Crippen MR) is 100 cm³/mol. The molecule has 0 saturated carbocycles. The van der Waals surface area contributed by atoms with Crippen LogP contribution in [0.3, 0.4) is 0 Å². The number of aliphatic imine (C=N–C) groups is 2. The van der Waals surface area contributed by atoms with Gasteiger partial charge >= 0.3 is 6.18 Å². The zero-order valence-corrected chi connectivity index (χ0v) is 14.8. The highest BCUT2D eigenvalue weighted by Crippen LogP contribution is 2.36. The van der Waals surface area contributed by atoms with Crippen molar-refractivity contribution >= 4 is 35.1 Å². The molecule has 1 aromatic carbocycles. The summed E-state index contributed by atoms with van der Waals surface area (Å²) in [6.07, 6.45) is 3.34. The van der Waals surface area contributed by atoms with Crippen molar-refractivity contribution in [2.45, 2.75) is 19.5 Å². The zero-order valence-electron chi connectivity index (χ0n) is 13.9. The summed E-state index contributed by atoms with van der Waals surface area (Å²) in [5, 5.41) is 2.88. The number of allylic oxidation sites excluding steroid dienone is 1. The van der Waals surface area contributed by atoms with Gasteiger partial charge in [0.05, 0.1) is 22.7 Å². The van der Waals surface area contributed by atoms with E-state index in [2.05, 4.69) is 21.2 Å². The lowest BCUT2D eigenvalue weighted by Gasteiger charge is -2.16. The highest BCUT2D eigenvalue weighted by Gasteiger charge is 2.31. The average molecular weight is 365 g/mol. The van der Waals surface area contributed by atoms with Gasteiger partial charge in [-0.3, -0.25) is 9.98 Å². The summed E-state index contributed by atoms with van der Waals surface area (Å²) in [6, 6.07) is 3.49. The van der Waals surface area contributed by atoms with Crippen LogP contribution in [0.15, 0.2) is 38.7 Å². The van der Waals surface area contributed by atoms with Gasteiger partial charge in [-0.2, -0.15) is 13.2 Å². The van der Waals surface area contributed by atoms with Crippen molar-refractivity contribution in [3.8, 4) is 12.3 Å². The number of anilines is 1. The molecule has 1 aromatic rings. The quantitative estimate of drug-likeness (QED) is 0.593. The number of terminal acetylenes is 1. The van der Waals surface area contributed by atoms with Crippen molar-refractivity contribution < 1.29 is 13.2 Å². The first kappa shape index (κ1) is 19.1. The maximum atomic E-state index is 13.0. The second-order valence-corrected chi connectivity index (χ2v) is 6.31. The fourth-order valence-electron chi connectivity index (χ4n) is 2.39. The molecule has 2 rings (SSSR count). The normalized spacial score (nSPS) is 15.3. The summed E-state index contributed by atoms with van der Waals surface area (Å²) in [6.45, 7) is 2.43. The summed E-state index contributed by atoms with van der Waals surface area (Å²) in [5.41, 5.74) is 1.71. The van der Waals surface area contributed by atoms with Gasteiger partial charge in [-0.1, -0.05) is 5.92 Å². The monoisotopic (exact) mass is 365 g/mol. The van der Waals surface area contributed by atoms with Crippen molar-refractivity contribution in [3.63, 3.8) is 0 Å². The van der Waals surface area contributed by atoms with Gasteiger partial charge in [0.15, 0.2) is 0 Å². The Balaban J connectivity index is 2.45. The first-order valence-electron chi connectivity index (χ1n) is 7.60. The number of nitrogens with zero attached hydrogens (tertiary/aromatic N) is 2. The lowest BCUT2D eigenvalue weighted by Crippen LogP contribution is -2.09. The van der Waals surface area contributed by atoms with E-state index in [0.29, 0.717) is 30.1 Å². The Morgan fingerprint density at radius 3 is 2.84 bits per heavy atom. The molecule has 0 radical (unpaired) electrons. The number of benzene rings is 1. The van der Waals surface area contributed by atoms with E-state index in [1.807, 2.05) is 0 Å². The van der Waals surface area contributed by atoms with Crippen LogP contribution in [0.5, 0.6) is 0 Å². The molecule has 1 heterocycles. The Labute approximate surface area is 149 Å². The molecule has 0 saturated heterocycles. The maximum Gasteiger partial charge on any atom is 0.416 e. The third-order valence-corrected chi connectivity index (χ3v) is 4.60. The summed E-state index contributed by atoms with van der Waals surface area (Å²) in [5.74, 6) is 3.06. The molecule has 0 spiro atoms. The number of thioether (sulfide) groups is 1. The highest BCUT2D eigenvalue weighted by molar-refractivity contribution is 8.04. The van der Waals surface area contributed by atoms with Gasteiger partial charge < -0.3 is 5.32 Å². The van der Waals surface area contributed by atoms with Gasteiger partial charge in [-0.25, -0.2) is 0 Å². The van der Waals surface area contributed by atoms with Crippen LogP contribution in [-0.2, 0) is 6.18 Å². The standard InChI is InChI=1S/C18H18F3N3S/c1-4-9-25-17-11-23-8-7-14(17)12(2)24-16-10-13(18(19,20)21)5-6-15(16)22-3/h1,5-6,10-11,22H,7-9H2,2-3H3. The number of halogens is 3. The molecule has 0 fully saturated rings. The van der Waals surface area contributed by atoms with Crippen LogP contribution >= 0.6 is 11.8 Å². The molecule has 0 aromatic heterocycles. The summed E-state index contributed by atoms with van der Waals surface area (Å²) >= 11 is 1.48. The second kappa shape index (κ2) is 8.26. The molecule has 3 nitrogen and oxygen atoms in total. The van der Waals surface area contributed by atoms with Crippen LogP contribution < -0.4 is 5.32 Å². The molecule has 25 heavy (non-hydrogen) atoms. The zero-order chi connectivity index (χ0) is 18.4. The predicted octanol–water partition coefficient (Wildman–Crippen LogP) is 4.93. The highest BCUT2D eigenvalue weighted by atomic mass is 32.2. The van der Waals surface area contributed by atoms with E-state index in [1.54, 1.807) is 20.2 Å². The molecule has 0 amide bonds. The Morgan fingerprint density at radius 1 is 1.44 bits per heavy atom. The minimum atomic E-state index is -4.41. The molecule has 132 valence electrons. The van der Waals surface area contributed by atoms with E-state index in [-0.39, 0.29) is 5.69 Å². The number of nitrogens with one attached hydrogen (secondary N) is 1. The lowest BCUT2D eigenvalue weighted by molar-refractivity contribution is -0.137. The fraction of sp³-hybridized carbons (Fsp3) is 0.333. The summed E-state index contributed by atoms with van der Waals surface area (Å²) in [7, 11) is 1.65. The summed E-state index contributed by atoms with van der Waals surface area (Å²) < 4.78 is 38.9. The molecular weight excluding hydrogens is 347 g/mol. The Kier molecular flexibility index (Phi) is 6.32. The largest absolute Gasteiger partial charge is 0.416 e. The van der Waals surface area contributed by atoms with E-state index < -0.39 is 11.7 Å². The van der Waals surface area contributed by atoms with Gasteiger partial charge in [0.2, 0.25) is 0 Å². The maximum absolute atomic E-state index is 13.0. The molecule has 1 aliphatic heterocycles. The number of hydrogen-bond donors (Lipinski definition) is 1. The Bertz CT molecular complexity index is 771. The topological polar surface area (TPSA) is 36.8 Å². The summed E-state index contributed by atoms with van der Waals surface area (Å²) in [4.78, 5) is 9.62. The van der Waals surface area contributed by atoms with Crippen LogP contribution in [-0.4, -0.2) is 31.3 Å². The first-order valence-corrected chi connectivity index (χ1v) is 8.59. The van der Waals surface area contributed by atoms with Crippen LogP contribution in [0.2, 0.25) is 0 Å². The van der Waals surface area contributed by atoms with Gasteiger partial charge in [-0.15, -0.1) is 18.2 Å². The SMILES string of the molecule is C#CCSC1=C(C(C)=Nc2cc(C(F)(F)F)ccc2NC)CCN=C1. The molecule has 0 bridgehead atoms. The Hall–Kier alpha value is -2.20. The molecule has 0 aliphatic carbocycles. The minimum Gasteiger partial charge on any atom is -0.386 e. The average Bonchev–Trinajstić information content (AvgIpc) is 2.59. The van der Waals surface area contributed by atoms with E-state index in [1.165, 1.54) is 17.8 Å². The molecule has 0 atom stereocenters. The van der Waals surface area contributed by atoms with Crippen LogP contribution in [0.4, 0.5) is 24.5 Å². The van der Waals surface area contributed by atoms with E-state index in [9.17, 15) is 13.2 Å². The van der Waals surface area contributed by atoms with E-state index in [0.717, 1.165) is 22.6 Å². The van der Waals surface area contributed by atoms with Crippen molar-refractivity contribution in [3.05, 3.63) is 34.2 Å². The minimum absolute atomic E-state index is 0.256. The van der Waals surface area contributed by atoms with Crippen LogP contribution in [0.1, 0.15) is 18.9 Å². The number of alkyl halides is 3. The third kappa shape index (κ3) is 4.89. The Morgan fingerprint density at radius 2 is 2.20 bits per heavy atom. The van der Waals surface area contributed by atoms with Gasteiger partial charge in [0.25, 0.3) is 0 Å². The van der Waals surface area contributed by atoms with Crippen LogP contribution in [0, 0.1) is 12.3 Å². The van der Waals surface area contributed by atoms with Crippen molar-refractivity contribution in [1.29, 1.82) is 0 Å². The molecule has 0 unspecified atom stereocenters. The number of rotatable bonds is 5. The molecular formula is C18H18F3N3S. The third-order valence-electron chi connectivity index (χ3n) is 3.63. The fourth-order valence-corrected chi connectivity index (χ4v) is 3.20. The number of hydrogen-bond acceptors (Lipinski definition) is 4.